The van der Waals surface area contributed by atoms with Gasteiger partial charge in [-0.15, -0.1) is 13.2 Å². The Bertz CT molecular complexity index is 758. The molecule has 0 aliphatic rings. The number of benzene rings is 2. The van der Waals surface area contributed by atoms with Crippen molar-refractivity contribution in [1.82, 2.24) is 0 Å². The van der Waals surface area contributed by atoms with Crippen LogP contribution >= 0.6 is 0 Å². The fourth-order valence-electron chi connectivity index (χ4n) is 2.05. The van der Waals surface area contributed by atoms with Crippen molar-refractivity contribution in [1.29, 1.82) is 5.26 Å². The summed E-state index contributed by atoms with van der Waals surface area (Å²) in [6.45, 7) is 0. The van der Waals surface area contributed by atoms with Crippen LogP contribution in [0.1, 0.15) is 11.1 Å². The molecule has 8 heteroatoms. The summed E-state index contributed by atoms with van der Waals surface area (Å²) in [5.41, 5.74) is -2.36. The molecule has 0 heterocycles. The summed E-state index contributed by atoms with van der Waals surface area (Å²) in [7, 11) is 0. The van der Waals surface area contributed by atoms with Crippen molar-refractivity contribution in [2.24, 2.45) is 0 Å². The molecule has 0 amide bonds. The molecule has 0 aliphatic heterocycles. The second-order valence-corrected chi connectivity index (χ2v) is 4.41. The normalized spacial score (nSPS) is 11.9. The lowest BCUT2D eigenvalue weighted by Crippen LogP contribution is -2.17. The second-order valence-electron chi connectivity index (χ2n) is 4.41. The van der Waals surface area contributed by atoms with Gasteiger partial charge in [0.25, 0.3) is 0 Å². The van der Waals surface area contributed by atoms with Crippen LogP contribution in [0.15, 0.2) is 42.5 Å². The molecule has 0 radical (unpaired) electrons. The van der Waals surface area contributed by atoms with E-state index in [0.29, 0.717) is 0 Å². The Balaban J connectivity index is 2.60. The van der Waals surface area contributed by atoms with Crippen LogP contribution < -0.4 is 4.74 Å². The number of alkyl halides is 6. The molecule has 2 aromatic carbocycles. The molecule has 0 saturated heterocycles. The first kappa shape index (κ1) is 16.7. The predicted molar refractivity (Wildman–Crippen MR) is 68.3 cm³/mol. The van der Waals surface area contributed by atoms with Gasteiger partial charge in [-0.2, -0.15) is 18.4 Å². The first-order valence-electron chi connectivity index (χ1n) is 6.08. The average molecular weight is 331 g/mol. The minimum absolute atomic E-state index is 0.142. The summed E-state index contributed by atoms with van der Waals surface area (Å²) in [5.74, 6) is -0.648. The summed E-state index contributed by atoms with van der Waals surface area (Å²) in [6, 6.07) is 8.87. The molecule has 0 spiro atoms. The van der Waals surface area contributed by atoms with E-state index in [-0.39, 0.29) is 5.56 Å². The van der Waals surface area contributed by atoms with Gasteiger partial charge in [0, 0.05) is 0 Å². The van der Waals surface area contributed by atoms with Crippen LogP contribution in [-0.4, -0.2) is 6.36 Å². The van der Waals surface area contributed by atoms with Crippen molar-refractivity contribution in [3.63, 3.8) is 0 Å². The third-order valence-corrected chi connectivity index (χ3v) is 2.85. The number of nitriles is 1. The lowest BCUT2D eigenvalue weighted by atomic mass is 9.95. The molecule has 120 valence electrons. The standard InChI is InChI=1S/C15H7F6NO/c16-14(17,18)13-10(8-22)4-2-6-12(13)9-3-1-5-11(7-9)23-15(19,20)21/h1-7H. The van der Waals surface area contributed by atoms with E-state index in [1.807, 2.05) is 0 Å². The summed E-state index contributed by atoms with van der Waals surface area (Å²) in [6.07, 6.45) is -9.79. The van der Waals surface area contributed by atoms with Crippen LogP contribution in [0, 0.1) is 11.3 Å². The highest BCUT2D eigenvalue weighted by molar-refractivity contribution is 5.72. The molecule has 2 nitrogen and oxygen atoms in total. The molecule has 0 N–H and O–H groups in total. The topological polar surface area (TPSA) is 33.0 Å². The molecule has 2 aromatic rings. The maximum atomic E-state index is 13.2. The fraction of sp³-hybridized carbons (Fsp3) is 0.133. The van der Waals surface area contributed by atoms with E-state index >= 15 is 0 Å². The van der Waals surface area contributed by atoms with E-state index in [0.717, 1.165) is 30.3 Å². The van der Waals surface area contributed by atoms with Crippen LogP contribution in [-0.2, 0) is 6.18 Å². The van der Waals surface area contributed by atoms with Crippen molar-refractivity contribution in [3.8, 4) is 22.9 Å². The number of ether oxygens (including phenoxy) is 1. The van der Waals surface area contributed by atoms with Gasteiger partial charge in [0.15, 0.2) is 0 Å². The maximum absolute atomic E-state index is 13.2. The highest BCUT2D eigenvalue weighted by atomic mass is 19.4. The molecule has 0 aromatic heterocycles. The number of halogens is 6. The van der Waals surface area contributed by atoms with Gasteiger partial charge in [-0.3, -0.25) is 0 Å². The monoisotopic (exact) mass is 331 g/mol. The molecule has 23 heavy (non-hydrogen) atoms. The Morgan fingerprint density at radius 2 is 1.57 bits per heavy atom. The Hall–Kier alpha value is -2.69. The summed E-state index contributed by atoms with van der Waals surface area (Å²) in [4.78, 5) is 0. The zero-order valence-electron chi connectivity index (χ0n) is 11.2. The Kier molecular flexibility index (Phi) is 4.23. The van der Waals surface area contributed by atoms with E-state index < -0.39 is 35.0 Å². The molecule has 0 fully saturated rings. The molecule has 2 rings (SSSR count). The van der Waals surface area contributed by atoms with Crippen molar-refractivity contribution in [2.45, 2.75) is 12.5 Å². The highest BCUT2D eigenvalue weighted by Crippen LogP contribution is 2.40. The molecule has 0 aliphatic carbocycles. The molecule has 0 atom stereocenters. The first-order chi connectivity index (χ1) is 10.6. The predicted octanol–water partition coefficient (Wildman–Crippen LogP) is 5.14. The minimum atomic E-state index is -4.96. The first-order valence-corrected chi connectivity index (χ1v) is 6.08. The van der Waals surface area contributed by atoms with Crippen molar-refractivity contribution >= 4 is 0 Å². The molecule has 0 unspecified atom stereocenters. The summed E-state index contributed by atoms with van der Waals surface area (Å²) < 4.78 is 79.9. The number of hydrogen-bond acceptors (Lipinski definition) is 2. The Morgan fingerprint density at radius 3 is 2.13 bits per heavy atom. The van der Waals surface area contributed by atoms with E-state index in [9.17, 15) is 26.3 Å². The molecular formula is C15H7F6NO. The SMILES string of the molecule is N#Cc1cccc(-c2cccc(OC(F)(F)F)c2)c1C(F)(F)F. The lowest BCUT2D eigenvalue weighted by molar-refractivity contribution is -0.274. The van der Waals surface area contributed by atoms with Crippen LogP contribution in [0.4, 0.5) is 26.3 Å². The third kappa shape index (κ3) is 3.94. The van der Waals surface area contributed by atoms with Gasteiger partial charge in [0.1, 0.15) is 5.75 Å². The number of hydrogen-bond donors (Lipinski definition) is 0. The van der Waals surface area contributed by atoms with Gasteiger partial charge in [0.05, 0.1) is 17.2 Å². The summed E-state index contributed by atoms with van der Waals surface area (Å²) >= 11 is 0. The third-order valence-electron chi connectivity index (χ3n) is 2.85. The van der Waals surface area contributed by atoms with Gasteiger partial charge in [-0.05, 0) is 29.3 Å². The van der Waals surface area contributed by atoms with E-state index in [1.54, 1.807) is 0 Å². The quantitative estimate of drug-likeness (QED) is 0.714. The highest BCUT2D eigenvalue weighted by Gasteiger charge is 2.37. The molecular weight excluding hydrogens is 324 g/mol. The number of nitrogens with zero attached hydrogens (tertiary/aromatic N) is 1. The van der Waals surface area contributed by atoms with Gasteiger partial charge < -0.3 is 4.74 Å². The van der Waals surface area contributed by atoms with Crippen LogP contribution in [0.2, 0.25) is 0 Å². The van der Waals surface area contributed by atoms with Crippen LogP contribution in [0.5, 0.6) is 5.75 Å². The largest absolute Gasteiger partial charge is 0.573 e. The lowest BCUT2D eigenvalue weighted by Gasteiger charge is -2.15. The minimum Gasteiger partial charge on any atom is -0.406 e. The molecule has 0 saturated carbocycles. The van der Waals surface area contributed by atoms with Crippen LogP contribution in [0.25, 0.3) is 11.1 Å². The van der Waals surface area contributed by atoms with E-state index in [4.69, 9.17) is 5.26 Å². The van der Waals surface area contributed by atoms with Crippen molar-refractivity contribution < 1.29 is 31.1 Å². The van der Waals surface area contributed by atoms with Gasteiger partial charge in [0.2, 0.25) is 0 Å². The van der Waals surface area contributed by atoms with E-state index in [2.05, 4.69) is 4.74 Å². The van der Waals surface area contributed by atoms with E-state index in [1.165, 1.54) is 18.2 Å². The second kappa shape index (κ2) is 5.83. The van der Waals surface area contributed by atoms with Crippen molar-refractivity contribution in [3.05, 3.63) is 53.6 Å². The van der Waals surface area contributed by atoms with Crippen LogP contribution in [0.3, 0.4) is 0 Å². The zero-order chi connectivity index (χ0) is 17.3. The summed E-state index contributed by atoms with van der Waals surface area (Å²) in [5, 5.41) is 8.84. The maximum Gasteiger partial charge on any atom is 0.573 e. The van der Waals surface area contributed by atoms with Crippen molar-refractivity contribution in [2.75, 3.05) is 0 Å². The number of rotatable bonds is 2. The smallest absolute Gasteiger partial charge is 0.406 e. The Labute approximate surface area is 126 Å². The average Bonchev–Trinajstić information content (AvgIpc) is 2.44. The van der Waals surface area contributed by atoms with Gasteiger partial charge >= 0.3 is 12.5 Å². The van der Waals surface area contributed by atoms with Gasteiger partial charge in [-0.1, -0.05) is 24.3 Å². The van der Waals surface area contributed by atoms with Gasteiger partial charge in [-0.25, -0.2) is 0 Å². The Morgan fingerprint density at radius 1 is 0.913 bits per heavy atom. The fourth-order valence-corrected chi connectivity index (χ4v) is 2.05. The zero-order valence-corrected chi connectivity index (χ0v) is 11.2. The molecule has 0 bridgehead atoms.